The van der Waals surface area contributed by atoms with Crippen LogP contribution in [0.25, 0.3) is 15.0 Å². The fourth-order valence-electron chi connectivity index (χ4n) is 4.01. The van der Waals surface area contributed by atoms with Crippen LogP contribution in [0.15, 0.2) is 66.1 Å². The van der Waals surface area contributed by atoms with Gasteiger partial charge in [0.15, 0.2) is 9.60 Å². The highest BCUT2D eigenvalue weighted by Crippen LogP contribution is 2.42. The summed E-state index contributed by atoms with van der Waals surface area (Å²) in [6.07, 6.45) is 7.77. The molecule has 0 amide bonds. The van der Waals surface area contributed by atoms with Gasteiger partial charge in [-0.15, -0.1) is 0 Å². The molecule has 0 spiro atoms. The minimum Gasteiger partial charge on any atom is -0.455 e. The Hall–Kier alpha value is -2.39. The minimum atomic E-state index is -0.497. The van der Waals surface area contributed by atoms with E-state index in [-0.39, 0.29) is 22.4 Å². The van der Waals surface area contributed by atoms with Crippen molar-refractivity contribution in [2.24, 2.45) is 5.92 Å². The van der Waals surface area contributed by atoms with Crippen LogP contribution in [0, 0.1) is 12.8 Å². The average molecular weight is 392 g/mol. The van der Waals surface area contributed by atoms with Gasteiger partial charge >= 0.3 is 5.97 Å². The van der Waals surface area contributed by atoms with E-state index >= 15 is 0 Å². The van der Waals surface area contributed by atoms with E-state index < -0.39 is 5.60 Å². The molecule has 1 heterocycles. The van der Waals surface area contributed by atoms with Gasteiger partial charge in [0.25, 0.3) is 0 Å². The van der Waals surface area contributed by atoms with Crippen molar-refractivity contribution in [3.05, 3.63) is 77.2 Å². The summed E-state index contributed by atoms with van der Waals surface area (Å²) in [6.45, 7) is 6.20. The smallest absolute Gasteiger partial charge is 0.338 e. The number of fused-ring (bicyclic) bond motifs is 1. The molecule has 2 aromatic carbocycles. The number of allylic oxidation sites excluding steroid dienone is 1. The summed E-state index contributed by atoms with van der Waals surface area (Å²) in [6, 6.07) is 16.5. The van der Waals surface area contributed by atoms with Crippen LogP contribution in [0.5, 0.6) is 0 Å². The maximum absolute atomic E-state index is 12.9. The Kier molecular flexibility index (Phi) is 5.11. The van der Waals surface area contributed by atoms with Crippen LogP contribution in [-0.4, -0.2) is 11.6 Å². The number of rotatable bonds is 4. The summed E-state index contributed by atoms with van der Waals surface area (Å²) in [5.41, 5.74) is 1.44. The highest BCUT2D eigenvalue weighted by molar-refractivity contribution is 7.43. The topological polar surface area (TPSA) is 26.3 Å². The van der Waals surface area contributed by atoms with E-state index in [9.17, 15) is 4.79 Å². The molecule has 0 radical (unpaired) electrons. The van der Waals surface area contributed by atoms with Gasteiger partial charge in [0.1, 0.15) is 11.0 Å². The zero-order chi connectivity index (χ0) is 19.7. The number of thiophene rings is 1. The molecular formula is C25H27O2S+. The van der Waals surface area contributed by atoms with Gasteiger partial charge in [-0.2, -0.15) is 0 Å². The second kappa shape index (κ2) is 7.56. The average Bonchev–Trinajstić information content (AvgIpc) is 3.05. The number of hydrogen-bond acceptors (Lipinski definition) is 2. The molecule has 0 aliphatic heterocycles. The molecule has 28 heavy (non-hydrogen) atoms. The Morgan fingerprint density at radius 2 is 1.96 bits per heavy atom. The lowest BCUT2D eigenvalue weighted by molar-refractivity contribution is -0.0225. The quantitative estimate of drug-likeness (QED) is 0.267. The first kappa shape index (κ1) is 18.9. The van der Waals surface area contributed by atoms with E-state index in [0.717, 1.165) is 24.2 Å². The van der Waals surface area contributed by atoms with E-state index in [0.29, 0.717) is 5.56 Å². The molecule has 2 nitrogen and oxygen atoms in total. The Morgan fingerprint density at radius 3 is 2.75 bits per heavy atom. The number of aryl methyl sites for hydroxylation is 1. The van der Waals surface area contributed by atoms with E-state index in [1.54, 1.807) is 0 Å². The van der Waals surface area contributed by atoms with Crippen LogP contribution in [0.2, 0.25) is 0 Å². The summed E-state index contributed by atoms with van der Waals surface area (Å²) >= 11 is 0. The zero-order valence-corrected chi connectivity index (χ0v) is 17.6. The fourth-order valence-corrected chi connectivity index (χ4v) is 6.18. The van der Waals surface area contributed by atoms with Crippen molar-refractivity contribution in [2.75, 3.05) is 0 Å². The number of esters is 1. The molecule has 2 unspecified atom stereocenters. The number of ether oxygens (including phenoxy) is 1. The van der Waals surface area contributed by atoms with E-state index in [1.165, 1.54) is 15.6 Å². The van der Waals surface area contributed by atoms with Crippen LogP contribution < -0.4 is 0 Å². The summed E-state index contributed by atoms with van der Waals surface area (Å²) in [5.74, 6) is 0.0464. The fraction of sp³-hybridized carbons (Fsp3) is 0.320. The third-order valence-corrected chi connectivity index (χ3v) is 7.85. The van der Waals surface area contributed by atoms with Gasteiger partial charge in [-0.05, 0) is 64.3 Å². The van der Waals surface area contributed by atoms with Gasteiger partial charge in [-0.25, -0.2) is 4.79 Å². The molecule has 4 rings (SSSR count). The van der Waals surface area contributed by atoms with Gasteiger partial charge in [0.2, 0.25) is 0 Å². The van der Waals surface area contributed by atoms with Gasteiger partial charge in [-0.1, -0.05) is 30.4 Å². The van der Waals surface area contributed by atoms with Crippen molar-refractivity contribution < 1.29 is 9.53 Å². The molecule has 144 valence electrons. The van der Waals surface area contributed by atoms with Crippen molar-refractivity contribution in [3.8, 4) is 4.90 Å². The molecule has 0 fully saturated rings. The van der Waals surface area contributed by atoms with Crippen molar-refractivity contribution in [1.82, 2.24) is 0 Å². The van der Waals surface area contributed by atoms with Crippen LogP contribution in [0.1, 0.15) is 49.0 Å². The summed E-state index contributed by atoms with van der Waals surface area (Å²) in [7, 11) is -0.131. The van der Waals surface area contributed by atoms with Gasteiger partial charge < -0.3 is 4.74 Å². The van der Waals surface area contributed by atoms with E-state index in [1.807, 2.05) is 32.0 Å². The molecule has 1 aromatic heterocycles. The Morgan fingerprint density at radius 1 is 1.14 bits per heavy atom. The van der Waals surface area contributed by atoms with Crippen molar-refractivity contribution in [1.29, 1.82) is 0 Å². The number of hydrogen-bond donors (Lipinski definition) is 0. The van der Waals surface area contributed by atoms with E-state index in [2.05, 4.69) is 54.8 Å². The Balaban J connectivity index is 1.62. The third-order valence-electron chi connectivity index (χ3n) is 5.67. The number of carbonyl (C=O) groups is 1. The normalized spacial score (nSPS) is 17.7. The number of benzene rings is 2. The molecule has 0 bridgehead atoms. The molecular weight excluding hydrogens is 364 g/mol. The van der Waals surface area contributed by atoms with Crippen LogP contribution in [0.4, 0.5) is 0 Å². The lowest BCUT2D eigenvalue weighted by Gasteiger charge is -2.33. The summed E-state index contributed by atoms with van der Waals surface area (Å²) < 4.78 is 7.30. The summed E-state index contributed by atoms with van der Waals surface area (Å²) in [5, 5.41) is 3.62. The Labute approximate surface area is 169 Å². The Bertz CT molecular complexity index is 1040. The van der Waals surface area contributed by atoms with Crippen molar-refractivity contribution in [2.45, 2.75) is 45.6 Å². The van der Waals surface area contributed by atoms with Crippen LogP contribution in [-0.2, 0) is 4.74 Å². The highest BCUT2D eigenvalue weighted by atomic mass is 32.2. The monoisotopic (exact) mass is 391 g/mol. The molecule has 3 aromatic rings. The van der Waals surface area contributed by atoms with Gasteiger partial charge in [-0.3, -0.25) is 0 Å². The first-order valence-electron chi connectivity index (χ1n) is 9.97. The lowest BCUT2D eigenvalue weighted by Crippen LogP contribution is -2.36. The molecule has 0 saturated carbocycles. The third kappa shape index (κ3) is 3.64. The molecule has 1 aliphatic carbocycles. The maximum atomic E-state index is 12.9. The second-order valence-corrected chi connectivity index (χ2v) is 9.94. The van der Waals surface area contributed by atoms with Crippen molar-refractivity contribution in [3.63, 3.8) is 0 Å². The molecule has 1 aliphatic rings. The minimum absolute atomic E-state index is 0.131. The number of carbonyl (C=O) groups excluding carboxylic acids is 1. The largest absolute Gasteiger partial charge is 0.455 e. The first-order chi connectivity index (χ1) is 13.5. The van der Waals surface area contributed by atoms with Crippen LogP contribution in [0.3, 0.4) is 0 Å². The zero-order valence-electron chi connectivity index (χ0n) is 16.8. The van der Waals surface area contributed by atoms with Gasteiger partial charge in [0.05, 0.1) is 5.56 Å². The first-order valence-corrected chi connectivity index (χ1v) is 11.3. The molecule has 0 saturated heterocycles. The van der Waals surface area contributed by atoms with Gasteiger partial charge in [0, 0.05) is 33.4 Å². The molecule has 3 heteroatoms. The summed E-state index contributed by atoms with van der Waals surface area (Å²) in [4.78, 5) is 14.1. The predicted octanol–water partition coefficient (Wildman–Crippen LogP) is 7.18. The van der Waals surface area contributed by atoms with E-state index in [4.69, 9.17) is 4.74 Å². The second-order valence-electron chi connectivity index (χ2n) is 8.12. The standard InChI is InChI=1S/C25H27O2S/c1-18-17-28(23-15-8-7-14-22(18)23)21-13-9-10-19(16-21)24(26)27-25(2,3)20-11-5-4-6-12-20/h5,7-11,13-17,20H,4,6,12H2,1-3H3/q+1. The molecule has 2 atom stereocenters. The van der Waals surface area contributed by atoms with Crippen LogP contribution >= 0.6 is 10.5 Å². The predicted molar refractivity (Wildman–Crippen MR) is 118 cm³/mol. The highest BCUT2D eigenvalue weighted by Gasteiger charge is 2.33. The van der Waals surface area contributed by atoms with Crippen molar-refractivity contribution >= 4 is 26.5 Å². The lowest BCUT2D eigenvalue weighted by atomic mass is 9.83. The SMILES string of the molecule is Cc1c[s+](-c2cccc(C(=O)OC(C)(C)C3C=CCCC3)c2)c2ccccc12. The molecule has 0 N–H and O–H groups in total. The maximum Gasteiger partial charge on any atom is 0.338 e.